The van der Waals surface area contributed by atoms with Crippen LogP contribution in [0.2, 0.25) is 0 Å². The predicted molar refractivity (Wildman–Crippen MR) is 0 cm³/mol. The van der Waals surface area contributed by atoms with E-state index in [2.05, 4.69) is 0 Å². The van der Waals surface area contributed by atoms with Gasteiger partial charge in [0.2, 0.25) is 0 Å². The van der Waals surface area contributed by atoms with Gasteiger partial charge in [0, 0.05) is 0 Å². The standard InChI is InChI=1S/Ir.2O2.Rb/c;2*1-2;/q+3;2*-2;+1. The Balaban J connectivity index is -0.00000000500. The molecule has 0 radical (unpaired) electrons. The van der Waals surface area contributed by atoms with Gasteiger partial charge in [0.25, 0.3) is 0 Å². The molecule has 0 spiro atoms. The van der Waals surface area contributed by atoms with E-state index in [0.29, 0.717) is 0 Å². The summed E-state index contributed by atoms with van der Waals surface area (Å²) in [5.74, 6) is 0. The summed E-state index contributed by atoms with van der Waals surface area (Å²) in [6, 6.07) is 0. The Kier molecular flexibility index (Phi) is 219. The monoisotopic (exact) mass is 342 g/mol. The van der Waals surface area contributed by atoms with Crippen LogP contribution in [0.25, 0.3) is 0 Å². The largest absolute Gasteiger partial charge is 3.00 e. The first-order chi connectivity index (χ1) is 2.00. The molecule has 0 bridgehead atoms. The zero-order chi connectivity index (χ0) is 4.00. The van der Waals surface area contributed by atoms with Crippen molar-refractivity contribution in [3.8, 4) is 0 Å². The molecule has 6 heavy (non-hydrogen) atoms. The van der Waals surface area contributed by atoms with E-state index in [1.165, 1.54) is 0 Å². The van der Waals surface area contributed by atoms with Gasteiger partial charge in [0.15, 0.2) is 0 Å². The van der Waals surface area contributed by atoms with E-state index in [1.54, 1.807) is 0 Å². The second-order valence-electron chi connectivity index (χ2n) is 0. The maximum absolute atomic E-state index is 7.00. The van der Waals surface area contributed by atoms with Crippen LogP contribution in [0.15, 0.2) is 0 Å². The topological polar surface area (TPSA) is 92.2 Å². The van der Waals surface area contributed by atoms with Crippen molar-refractivity contribution in [1.29, 1.82) is 0 Å². The molecular formula is IrO4Rb. The Morgan fingerprint density at radius 3 is 0.667 bits per heavy atom. The molecule has 34 valence electrons. The summed E-state index contributed by atoms with van der Waals surface area (Å²) in [6.07, 6.45) is 0. The van der Waals surface area contributed by atoms with E-state index >= 15 is 0 Å². The third-order valence-electron chi connectivity index (χ3n) is 0. The van der Waals surface area contributed by atoms with Gasteiger partial charge < -0.3 is 21.0 Å². The van der Waals surface area contributed by atoms with Crippen LogP contribution in [0, 0.1) is 0 Å². The fourth-order valence-corrected chi connectivity index (χ4v) is 0. The second kappa shape index (κ2) is 54.9. The molecule has 0 aliphatic rings. The summed E-state index contributed by atoms with van der Waals surface area (Å²) in [6.45, 7) is 0. The molecule has 0 saturated carbocycles. The first-order valence-corrected chi connectivity index (χ1v) is 0.333. The molecular weight excluding hydrogens is 342 g/mol. The average molecular weight is 342 g/mol. The van der Waals surface area contributed by atoms with Crippen molar-refractivity contribution in [2.75, 3.05) is 0 Å². The Bertz CT molecular complexity index is 7.51. The molecule has 0 rings (SSSR count). The fraction of sp³-hybridized carbons (Fsp3) is 0. The van der Waals surface area contributed by atoms with Crippen LogP contribution in [0.3, 0.4) is 0 Å². The predicted octanol–water partition coefficient (Wildman–Crippen LogP) is -7.75. The van der Waals surface area contributed by atoms with Crippen molar-refractivity contribution < 1.29 is 99.3 Å². The summed E-state index contributed by atoms with van der Waals surface area (Å²) in [7, 11) is 0. The van der Waals surface area contributed by atoms with E-state index in [0.717, 1.165) is 0 Å². The van der Waals surface area contributed by atoms with Gasteiger partial charge in [0.1, 0.15) is 0 Å². The Morgan fingerprint density at radius 1 is 0.667 bits per heavy atom. The Morgan fingerprint density at radius 2 is 0.667 bits per heavy atom. The van der Waals surface area contributed by atoms with E-state index in [-0.39, 0.29) is 78.3 Å². The minimum atomic E-state index is 0. The summed E-state index contributed by atoms with van der Waals surface area (Å²) >= 11 is 0. The van der Waals surface area contributed by atoms with Gasteiger partial charge in [-0.25, -0.2) is 0 Å². The van der Waals surface area contributed by atoms with Crippen LogP contribution in [0.5, 0.6) is 0 Å². The van der Waals surface area contributed by atoms with Crippen molar-refractivity contribution in [2.45, 2.75) is 0 Å². The van der Waals surface area contributed by atoms with Gasteiger partial charge in [-0.3, -0.25) is 0 Å². The smallest absolute Gasteiger partial charge is 1.00 e. The van der Waals surface area contributed by atoms with Crippen molar-refractivity contribution in [3.05, 3.63) is 0 Å². The van der Waals surface area contributed by atoms with Crippen molar-refractivity contribution in [1.82, 2.24) is 0 Å². The van der Waals surface area contributed by atoms with Gasteiger partial charge in [-0.2, -0.15) is 0 Å². The Hall–Kier alpha value is 2.29. The summed E-state index contributed by atoms with van der Waals surface area (Å²) in [5, 5.41) is 28.0. The minimum absolute atomic E-state index is 0. The van der Waals surface area contributed by atoms with Crippen LogP contribution in [0.1, 0.15) is 0 Å². The second-order valence-corrected chi connectivity index (χ2v) is 0. The van der Waals surface area contributed by atoms with E-state index in [1.807, 2.05) is 0 Å². The molecule has 0 aliphatic heterocycles. The van der Waals surface area contributed by atoms with Gasteiger partial charge in [-0.15, -0.1) is 0 Å². The first-order valence-electron chi connectivity index (χ1n) is 0.333. The van der Waals surface area contributed by atoms with Crippen LogP contribution in [-0.2, 0) is 20.1 Å². The molecule has 0 aromatic heterocycles. The molecule has 0 unspecified atom stereocenters. The van der Waals surface area contributed by atoms with Crippen LogP contribution in [-0.4, -0.2) is 0 Å². The van der Waals surface area contributed by atoms with E-state index in [9.17, 15) is 0 Å². The minimum Gasteiger partial charge on any atom is -1.00 e. The fourth-order valence-electron chi connectivity index (χ4n) is 0. The van der Waals surface area contributed by atoms with Crippen molar-refractivity contribution in [2.24, 2.45) is 0 Å². The molecule has 0 heterocycles. The van der Waals surface area contributed by atoms with Gasteiger partial charge in [-0.05, 0) is 0 Å². The number of hydrogen-bond acceptors (Lipinski definition) is 4. The molecule has 0 N–H and O–H groups in total. The average Bonchev–Trinajstić information content (AvgIpc) is 1.50. The molecule has 0 atom stereocenters. The summed E-state index contributed by atoms with van der Waals surface area (Å²) < 4.78 is 0. The molecule has 0 aromatic carbocycles. The zero-order valence-corrected chi connectivity index (χ0v) is 10.3. The Labute approximate surface area is 97.2 Å². The maximum atomic E-state index is 7.00. The van der Waals surface area contributed by atoms with Crippen LogP contribution in [0.4, 0.5) is 0 Å². The molecule has 6 heteroatoms. The molecule has 0 fully saturated rings. The van der Waals surface area contributed by atoms with Crippen molar-refractivity contribution >= 4 is 0 Å². The maximum Gasteiger partial charge on any atom is 3.00 e. The van der Waals surface area contributed by atoms with Gasteiger partial charge >= 0.3 is 78.3 Å². The van der Waals surface area contributed by atoms with E-state index < -0.39 is 0 Å². The molecule has 0 saturated heterocycles. The molecule has 0 amide bonds. The van der Waals surface area contributed by atoms with Crippen molar-refractivity contribution in [3.63, 3.8) is 0 Å². The summed E-state index contributed by atoms with van der Waals surface area (Å²) in [4.78, 5) is 0. The molecule has 4 nitrogen and oxygen atoms in total. The van der Waals surface area contributed by atoms with Crippen LogP contribution >= 0.6 is 0 Å². The normalized spacial score (nSPS) is 2.00. The summed E-state index contributed by atoms with van der Waals surface area (Å²) in [5.41, 5.74) is 0. The first kappa shape index (κ1) is 23.9. The third-order valence-corrected chi connectivity index (χ3v) is 0. The zero-order valence-electron chi connectivity index (χ0n) is 2.97. The number of hydrogen-bond donors (Lipinski definition) is 0. The van der Waals surface area contributed by atoms with Gasteiger partial charge in [-0.1, -0.05) is 0 Å². The van der Waals surface area contributed by atoms with E-state index in [4.69, 9.17) is 21.0 Å². The van der Waals surface area contributed by atoms with Gasteiger partial charge in [0.05, 0.1) is 0 Å². The molecule has 0 aliphatic carbocycles. The number of rotatable bonds is 0. The quantitative estimate of drug-likeness (QED) is 0.323. The van der Waals surface area contributed by atoms with Crippen LogP contribution < -0.4 is 79.2 Å². The SMILES string of the molecule is [Ir+3].[O-][O-].[O-][O-].[Rb+]. The third kappa shape index (κ3) is 33.5. The molecule has 0 aromatic rings.